The summed E-state index contributed by atoms with van der Waals surface area (Å²) >= 11 is 0. The van der Waals surface area contributed by atoms with Crippen LogP contribution in [0.4, 0.5) is 0 Å². The van der Waals surface area contributed by atoms with E-state index in [1.54, 1.807) is 12.5 Å². The van der Waals surface area contributed by atoms with Crippen molar-refractivity contribution in [3.8, 4) is 0 Å². The zero-order chi connectivity index (χ0) is 13.2. The van der Waals surface area contributed by atoms with Gasteiger partial charge in [-0.05, 0) is 40.2 Å². The van der Waals surface area contributed by atoms with Crippen molar-refractivity contribution < 1.29 is 14.1 Å². The van der Waals surface area contributed by atoms with Crippen molar-refractivity contribution in [2.24, 2.45) is 0 Å². The fraction of sp³-hybridized carbons (Fsp3) is 0.692. The lowest BCUT2D eigenvalue weighted by atomic mass is 10.1. The van der Waals surface area contributed by atoms with Gasteiger partial charge < -0.3 is 9.26 Å². The number of carbonyl (C=O) groups excluding carboxylic acids is 1. The molecule has 0 unspecified atom stereocenters. The molecule has 18 heavy (non-hydrogen) atoms. The SMILES string of the molecule is CC(C)(C)OC(=O)[C@@H]1CCCN1Cc1cnoc1. The van der Waals surface area contributed by atoms with Gasteiger partial charge in [0.1, 0.15) is 17.9 Å². The molecule has 1 atom stereocenters. The second-order valence-electron chi connectivity index (χ2n) is 5.69. The molecule has 1 fully saturated rings. The maximum Gasteiger partial charge on any atom is 0.323 e. The number of nitrogens with zero attached hydrogens (tertiary/aromatic N) is 2. The summed E-state index contributed by atoms with van der Waals surface area (Å²) in [6.07, 6.45) is 5.18. The maximum absolute atomic E-state index is 12.1. The highest BCUT2D eigenvalue weighted by atomic mass is 16.6. The van der Waals surface area contributed by atoms with Crippen LogP contribution in [0.25, 0.3) is 0 Å². The Labute approximate surface area is 107 Å². The van der Waals surface area contributed by atoms with Crippen molar-refractivity contribution in [1.82, 2.24) is 10.1 Å². The van der Waals surface area contributed by atoms with Crippen LogP contribution in [-0.4, -0.2) is 34.2 Å². The quantitative estimate of drug-likeness (QED) is 0.770. The Kier molecular flexibility index (Phi) is 3.71. The Morgan fingerprint density at radius 1 is 1.61 bits per heavy atom. The van der Waals surface area contributed by atoms with Crippen LogP contribution in [0, 0.1) is 0 Å². The first-order chi connectivity index (χ1) is 8.46. The minimum absolute atomic E-state index is 0.128. The lowest BCUT2D eigenvalue weighted by molar-refractivity contribution is -0.160. The van der Waals surface area contributed by atoms with Gasteiger partial charge in [0.05, 0.1) is 6.20 Å². The average molecular weight is 252 g/mol. The predicted octanol–water partition coefficient (Wildman–Crippen LogP) is 1.98. The van der Waals surface area contributed by atoms with E-state index >= 15 is 0 Å². The molecule has 1 aromatic heterocycles. The molecule has 0 N–H and O–H groups in total. The monoisotopic (exact) mass is 252 g/mol. The summed E-state index contributed by atoms with van der Waals surface area (Å²) in [7, 11) is 0. The van der Waals surface area contributed by atoms with Gasteiger partial charge in [0.2, 0.25) is 0 Å². The van der Waals surface area contributed by atoms with E-state index in [1.165, 1.54) is 0 Å². The van der Waals surface area contributed by atoms with E-state index in [-0.39, 0.29) is 12.0 Å². The van der Waals surface area contributed by atoms with Crippen LogP contribution >= 0.6 is 0 Å². The molecule has 0 aliphatic carbocycles. The van der Waals surface area contributed by atoms with E-state index in [2.05, 4.69) is 10.1 Å². The third-order valence-corrected chi connectivity index (χ3v) is 2.91. The number of ether oxygens (including phenoxy) is 1. The molecule has 0 saturated carbocycles. The summed E-state index contributed by atoms with van der Waals surface area (Å²) in [5.74, 6) is -0.128. The molecule has 2 rings (SSSR count). The van der Waals surface area contributed by atoms with Crippen LogP contribution in [-0.2, 0) is 16.1 Å². The van der Waals surface area contributed by atoms with Crippen molar-refractivity contribution in [1.29, 1.82) is 0 Å². The maximum atomic E-state index is 12.1. The van der Waals surface area contributed by atoms with E-state index in [1.807, 2.05) is 20.8 Å². The Morgan fingerprint density at radius 3 is 3.00 bits per heavy atom. The van der Waals surface area contributed by atoms with Gasteiger partial charge in [0.15, 0.2) is 0 Å². The molecular weight excluding hydrogens is 232 g/mol. The largest absolute Gasteiger partial charge is 0.459 e. The zero-order valence-corrected chi connectivity index (χ0v) is 11.2. The lowest BCUT2D eigenvalue weighted by Gasteiger charge is -2.26. The van der Waals surface area contributed by atoms with Crippen LogP contribution in [0.5, 0.6) is 0 Å². The van der Waals surface area contributed by atoms with Gasteiger partial charge >= 0.3 is 5.97 Å². The molecule has 0 radical (unpaired) electrons. The summed E-state index contributed by atoms with van der Waals surface area (Å²) in [4.78, 5) is 14.2. The average Bonchev–Trinajstić information content (AvgIpc) is 2.86. The third kappa shape index (κ3) is 3.32. The van der Waals surface area contributed by atoms with Gasteiger partial charge in [-0.15, -0.1) is 0 Å². The molecule has 5 nitrogen and oxygen atoms in total. The van der Waals surface area contributed by atoms with Crippen molar-refractivity contribution >= 4 is 5.97 Å². The number of esters is 1. The van der Waals surface area contributed by atoms with Gasteiger partial charge in [-0.1, -0.05) is 5.16 Å². The number of hydrogen-bond donors (Lipinski definition) is 0. The minimum Gasteiger partial charge on any atom is -0.459 e. The van der Waals surface area contributed by atoms with Crippen molar-refractivity contribution in [2.45, 2.75) is 51.8 Å². The van der Waals surface area contributed by atoms with Crippen molar-refractivity contribution in [3.05, 3.63) is 18.0 Å². The highest BCUT2D eigenvalue weighted by Crippen LogP contribution is 2.22. The van der Waals surface area contributed by atoms with Crippen molar-refractivity contribution in [3.63, 3.8) is 0 Å². The van der Waals surface area contributed by atoms with Crippen LogP contribution in [0.1, 0.15) is 39.2 Å². The molecule has 0 bridgehead atoms. The summed E-state index contributed by atoms with van der Waals surface area (Å²) in [5, 5.41) is 3.68. The first-order valence-corrected chi connectivity index (χ1v) is 6.31. The van der Waals surface area contributed by atoms with E-state index in [0.717, 1.165) is 24.9 Å². The number of rotatable bonds is 3. The van der Waals surface area contributed by atoms with Crippen LogP contribution in [0.3, 0.4) is 0 Å². The Balaban J connectivity index is 1.97. The summed E-state index contributed by atoms with van der Waals surface area (Å²) < 4.78 is 10.3. The summed E-state index contributed by atoms with van der Waals surface area (Å²) in [6, 6.07) is -0.140. The van der Waals surface area contributed by atoms with Gasteiger partial charge in [-0.25, -0.2) is 0 Å². The molecule has 2 heterocycles. The topological polar surface area (TPSA) is 55.6 Å². The molecular formula is C13H20N2O3. The van der Waals surface area contributed by atoms with Crippen LogP contribution in [0.15, 0.2) is 17.0 Å². The lowest BCUT2D eigenvalue weighted by Crippen LogP contribution is -2.40. The normalized spacial score (nSPS) is 21.2. The molecule has 5 heteroatoms. The molecule has 0 amide bonds. The molecule has 1 aliphatic rings. The van der Waals surface area contributed by atoms with E-state index in [0.29, 0.717) is 6.54 Å². The molecule has 1 aliphatic heterocycles. The van der Waals surface area contributed by atoms with E-state index in [4.69, 9.17) is 9.26 Å². The highest BCUT2D eigenvalue weighted by molar-refractivity contribution is 5.76. The standard InChI is InChI=1S/C13H20N2O3/c1-13(2,3)18-12(16)11-5-4-6-15(11)8-10-7-14-17-9-10/h7,9,11H,4-6,8H2,1-3H3/t11-/m0/s1. The first kappa shape index (κ1) is 13.1. The van der Waals surface area contributed by atoms with Gasteiger partial charge in [-0.3, -0.25) is 9.69 Å². The Morgan fingerprint density at radius 2 is 2.39 bits per heavy atom. The molecule has 1 saturated heterocycles. The Hall–Kier alpha value is -1.36. The predicted molar refractivity (Wildman–Crippen MR) is 65.8 cm³/mol. The van der Waals surface area contributed by atoms with Crippen molar-refractivity contribution in [2.75, 3.05) is 6.54 Å². The molecule has 100 valence electrons. The third-order valence-electron chi connectivity index (χ3n) is 2.91. The molecule has 1 aromatic rings. The first-order valence-electron chi connectivity index (χ1n) is 6.31. The number of aromatic nitrogens is 1. The van der Waals surface area contributed by atoms with E-state index in [9.17, 15) is 4.79 Å². The second kappa shape index (κ2) is 5.10. The smallest absolute Gasteiger partial charge is 0.323 e. The van der Waals surface area contributed by atoms with Gasteiger partial charge in [-0.2, -0.15) is 0 Å². The Bertz CT molecular complexity index is 395. The minimum atomic E-state index is -0.428. The van der Waals surface area contributed by atoms with Crippen LogP contribution < -0.4 is 0 Å². The second-order valence-corrected chi connectivity index (χ2v) is 5.69. The van der Waals surface area contributed by atoms with Gasteiger partial charge in [0, 0.05) is 12.1 Å². The number of carbonyl (C=O) groups is 1. The fourth-order valence-corrected chi connectivity index (χ4v) is 2.19. The molecule has 0 spiro atoms. The number of hydrogen-bond acceptors (Lipinski definition) is 5. The summed E-state index contributed by atoms with van der Waals surface area (Å²) in [6.45, 7) is 7.28. The summed E-state index contributed by atoms with van der Waals surface area (Å²) in [5.41, 5.74) is 0.563. The zero-order valence-electron chi connectivity index (χ0n) is 11.2. The molecule has 0 aromatic carbocycles. The number of likely N-dealkylation sites (tertiary alicyclic amines) is 1. The van der Waals surface area contributed by atoms with E-state index < -0.39 is 5.60 Å². The van der Waals surface area contributed by atoms with Gasteiger partial charge in [0.25, 0.3) is 0 Å². The van der Waals surface area contributed by atoms with Crippen LogP contribution in [0.2, 0.25) is 0 Å². The highest BCUT2D eigenvalue weighted by Gasteiger charge is 2.34. The fourth-order valence-electron chi connectivity index (χ4n) is 2.19.